The molecule has 0 saturated carbocycles. The van der Waals surface area contributed by atoms with Crippen molar-refractivity contribution in [1.82, 2.24) is 0 Å². The molecular formula is C6F4N2O. The quantitative estimate of drug-likeness (QED) is 0.383. The maximum atomic E-state index is 12.1. The van der Waals surface area contributed by atoms with Crippen molar-refractivity contribution in [2.45, 2.75) is 0 Å². The molecule has 0 bridgehead atoms. The predicted octanol–water partition coefficient (Wildman–Crippen LogP) is 2.27. The van der Waals surface area contributed by atoms with E-state index in [9.17, 15) is 17.6 Å². The topological polar surface area (TPSA) is 56.8 Å². The third-order valence-corrected chi connectivity index (χ3v) is 0.721. The Bertz CT molecular complexity index is 313. The molecular weight excluding hydrogens is 192 g/mol. The van der Waals surface area contributed by atoms with Gasteiger partial charge in [0.05, 0.1) is 0 Å². The van der Waals surface area contributed by atoms with Crippen molar-refractivity contribution in [2.75, 3.05) is 0 Å². The molecule has 0 N–H and O–H groups in total. The van der Waals surface area contributed by atoms with Crippen LogP contribution in [0.4, 0.5) is 17.6 Å². The maximum Gasteiger partial charge on any atom is 0.327 e. The Kier molecular flexibility index (Phi) is 4.03. The standard InChI is InChI=1S/C6F4N2O/c7-3(1-11)5(9)13-6(10)4(8)2-12. The summed E-state index contributed by atoms with van der Waals surface area (Å²) in [4.78, 5) is 0. The van der Waals surface area contributed by atoms with Crippen molar-refractivity contribution in [3.63, 3.8) is 0 Å². The first kappa shape index (κ1) is 11.0. The van der Waals surface area contributed by atoms with E-state index in [1.807, 2.05) is 0 Å². The van der Waals surface area contributed by atoms with Crippen LogP contribution >= 0.6 is 0 Å². The molecule has 0 aliphatic carbocycles. The second-order valence-corrected chi connectivity index (χ2v) is 1.50. The van der Waals surface area contributed by atoms with Crippen LogP contribution < -0.4 is 0 Å². The highest BCUT2D eigenvalue weighted by atomic mass is 19.2. The van der Waals surface area contributed by atoms with Gasteiger partial charge in [0.1, 0.15) is 12.1 Å². The van der Waals surface area contributed by atoms with Crippen LogP contribution in [0, 0.1) is 22.7 Å². The molecule has 7 heteroatoms. The molecule has 13 heavy (non-hydrogen) atoms. The van der Waals surface area contributed by atoms with E-state index in [0.717, 1.165) is 0 Å². The zero-order valence-corrected chi connectivity index (χ0v) is 5.81. The summed E-state index contributed by atoms with van der Waals surface area (Å²) in [6, 6.07) is -3.20. The lowest BCUT2D eigenvalue weighted by Gasteiger charge is -1.95. The van der Waals surface area contributed by atoms with Gasteiger partial charge in [-0.05, 0) is 0 Å². The second-order valence-electron chi connectivity index (χ2n) is 1.50. The third-order valence-electron chi connectivity index (χ3n) is 0.721. The van der Waals surface area contributed by atoms with E-state index in [-0.39, 0.29) is 0 Å². The Balaban J connectivity index is 4.71. The molecule has 0 aliphatic rings. The maximum absolute atomic E-state index is 12.1. The van der Waals surface area contributed by atoms with Crippen LogP contribution in [-0.4, -0.2) is 0 Å². The lowest BCUT2D eigenvalue weighted by Crippen LogP contribution is -1.88. The number of hydrogen-bond acceptors (Lipinski definition) is 3. The van der Waals surface area contributed by atoms with Gasteiger partial charge in [-0.1, -0.05) is 0 Å². The van der Waals surface area contributed by atoms with Crippen LogP contribution in [-0.2, 0) is 4.74 Å². The van der Waals surface area contributed by atoms with E-state index in [0.29, 0.717) is 12.1 Å². The normalized spacial score (nSPS) is 13.4. The molecule has 0 spiro atoms. The van der Waals surface area contributed by atoms with Gasteiger partial charge in [-0.2, -0.15) is 28.1 Å². The minimum atomic E-state index is -2.24. The number of rotatable bonds is 2. The fourth-order valence-corrected chi connectivity index (χ4v) is 0.256. The fraction of sp³-hybridized carbons (Fsp3) is 0. The summed E-state index contributed by atoms with van der Waals surface area (Å²) in [6.07, 6.45) is 0. The molecule has 0 heterocycles. The summed E-state index contributed by atoms with van der Waals surface area (Å²) >= 11 is 0. The van der Waals surface area contributed by atoms with E-state index in [1.165, 1.54) is 0 Å². The first-order valence-electron chi connectivity index (χ1n) is 2.61. The molecule has 68 valence electrons. The van der Waals surface area contributed by atoms with Crippen molar-refractivity contribution in [3.8, 4) is 12.1 Å². The molecule has 0 aromatic heterocycles. The number of halogens is 4. The zero-order chi connectivity index (χ0) is 10.4. The van der Waals surface area contributed by atoms with E-state index in [1.54, 1.807) is 0 Å². The van der Waals surface area contributed by atoms with E-state index in [2.05, 4.69) is 4.74 Å². The summed E-state index contributed by atoms with van der Waals surface area (Å²) in [5.74, 6) is -4.11. The minimum absolute atomic E-state index is 0.645. The molecule has 0 amide bonds. The highest BCUT2D eigenvalue weighted by Gasteiger charge is 2.13. The van der Waals surface area contributed by atoms with Crippen LogP contribution in [0.25, 0.3) is 0 Å². The van der Waals surface area contributed by atoms with Gasteiger partial charge in [0.25, 0.3) is 11.7 Å². The monoisotopic (exact) mass is 192 g/mol. The molecule has 0 rings (SSSR count). The summed E-state index contributed by atoms with van der Waals surface area (Å²) in [5, 5.41) is 15.4. The van der Waals surface area contributed by atoms with Gasteiger partial charge in [-0.15, -0.1) is 0 Å². The second kappa shape index (κ2) is 4.78. The number of allylic oxidation sites excluding steroid dienone is 2. The molecule has 0 saturated heterocycles. The fourth-order valence-electron chi connectivity index (χ4n) is 0.256. The Morgan fingerprint density at radius 1 is 0.846 bits per heavy atom. The Labute approximate surface area is 69.7 Å². The Morgan fingerprint density at radius 2 is 1.15 bits per heavy atom. The molecule has 0 radical (unpaired) electrons. The average molecular weight is 192 g/mol. The smallest absolute Gasteiger partial charge is 0.327 e. The number of nitrogens with zero attached hydrogens (tertiary/aromatic N) is 2. The van der Waals surface area contributed by atoms with Gasteiger partial charge in [-0.3, -0.25) is 0 Å². The lowest BCUT2D eigenvalue weighted by atomic mass is 10.6. The number of hydrogen-bond donors (Lipinski definition) is 0. The van der Waals surface area contributed by atoms with E-state index >= 15 is 0 Å². The van der Waals surface area contributed by atoms with Crippen molar-refractivity contribution < 1.29 is 22.3 Å². The van der Waals surface area contributed by atoms with Gasteiger partial charge < -0.3 is 4.74 Å². The Morgan fingerprint density at radius 3 is 1.38 bits per heavy atom. The minimum Gasteiger partial charge on any atom is -0.399 e. The van der Waals surface area contributed by atoms with Gasteiger partial charge in [-0.25, -0.2) is 0 Å². The van der Waals surface area contributed by atoms with E-state index < -0.39 is 23.7 Å². The average Bonchev–Trinajstić information content (AvgIpc) is 2.14. The molecule has 3 nitrogen and oxygen atoms in total. The van der Waals surface area contributed by atoms with Gasteiger partial charge >= 0.3 is 12.0 Å². The first-order chi connectivity index (χ1) is 6.02. The van der Waals surface area contributed by atoms with E-state index in [4.69, 9.17) is 10.5 Å². The van der Waals surface area contributed by atoms with Crippen molar-refractivity contribution in [2.24, 2.45) is 0 Å². The van der Waals surface area contributed by atoms with Gasteiger partial charge in [0, 0.05) is 0 Å². The highest BCUT2D eigenvalue weighted by molar-refractivity contribution is 5.17. The largest absolute Gasteiger partial charge is 0.399 e. The summed E-state index contributed by atoms with van der Waals surface area (Å²) in [7, 11) is 0. The third kappa shape index (κ3) is 3.25. The number of nitriles is 2. The lowest BCUT2D eigenvalue weighted by molar-refractivity contribution is 0.137. The van der Waals surface area contributed by atoms with Crippen molar-refractivity contribution >= 4 is 0 Å². The van der Waals surface area contributed by atoms with Crippen LogP contribution in [0.3, 0.4) is 0 Å². The molecule has 0 fully saturated rings. The van der Waals surface area contributed by atoms with Crippen molar-refractivity contribution in [3.05, 3.63) is 23.7 Å². The Hall–Kier alpha value is -2.02. The molecule has 0 aromatic rings. The van der Waals surface area contributed by atoms with Crippen LogP contribution in [0.2, 0.25) is 0 Å². The van der Waals surface area contributed by atoms with Gasteiger partial charge in [0.15, 0.2) is 0 Å². The summed E-state index contributed by atoms with van der Waals surface area (Å²) < 4.78 is 51.0. The molecule has 0 aliphatic heterocycles. The molecule has 0 aromatic carbocycles. The molecule has 0 unspecified atom stereocenters. The van der Waals surface area contributed by atoms with Crippen LogP contribution in [0.5, 0.6) is 0 Å². The van der Waals surface area contributed by atoms with Crippen LogP contribution in [0.15, 0.2) is 23.7 Å². The molecule has 0 atom stereocenters. The number of ether oxygens (including phenoxy) is 1. The van der Waals surface area contributed by atoms with Crippen molar-refractivity contribution in [1.29, 1.82) is 10.5 Å². The SMILES string of the molecule is N#CC(F)=C(F)OC(F)=C(F)C#N. The summed E-state index contributed by atoms with van der Waals surface area (Å²) in [6.45, 7) is 0. The zero-order valence-electron chi connectivity index (χ0n) is 5.81. The van der Waals surface area contributed by atoms with Gasteiger partial charge in [0.2, 0.25) is 0 Å². The highest BCUT2D eigenvalue weighted by Crippen LogP contribution is 2.17. The van der Waals surface area contributed by atoms with Crippen LogP contribution in [0.1, 0.15) is 0 Å². The first-order valence-corrected chi connectivity index (χ1v) is 2.61. The summed E-state index contributed by atoms with van der Waals surface area (Å²) in [5.41, 5.74) is 0. The predicted molar refractivity (Wildman–Crippen MR) is 30.8 cm³/mol.